The summed E-state index contributed by atoms with van der Waals surface area (Å²) in [6, 6.07) is 13.3. The Bertz CT molecular complexity index is 824. The van der Waals surface area contributed by atoms with E-state index in [0.29, 0.717) is 18.1 Å². The predicted octanol–water partition coefficient (Wildman–Crippen LogP) is 3.57. The average molecular weight is 339 g/mol. The topological polar surface area (TPSA) is 71.5 Å². The number of aryl methyl sites for hydroxylation is 1. The molecule has 0 saturated heterocycles. The minimum absolute atomic E-state index is 0.0573. The first-order valence-electron chi connectivity index (χ1n) is 8.21. The number of benzene rings is 1. The molecule has 0 atom stereocenters. The Morgan fingerprint density at radius 1 is 1.20 bits per heavy atom. The van der Waals surface area contributed by atoms with Crippen molar-refractivity contribution in [1.82, 2.24) is 10.1 Å². The lowest BCUT2D eigenvalue weighted by atomic mass is 10.1. The molecular formula is C19H21N3O3. The van der Waals surface area contributed by atoms with Crippen molar-refractivity contribution in [3.8, 4) is 11.5 Å². The molecule has 130 valence electrons. The fourth-order valence-corrected chi connectivity index (χ4v) is 2.64. The molecule has 3 rings (SSSR count). The van der Waals surface area contributed by atoms with Crippen molar-refractivity contribution in [3.63, 3.8) is 0 Å². The number of rotatable bonds is 7. The van der Waals surface area contributed by atoms with Crippen molar-refractivity contribution in [2.45, 2.75) is 19.9 Å². The number of carbonyl (C=O) groups is 1. The molecule has 1 amide bonds. The van der Waals surface area contributed by atoms with Crippen LogP contribution < -0.4 is 5.32 Å². The van der Waals surface area contributed by atoms with Crippen molar-refractivity contribution < 1.29 is 13.7 Å². The Labute approximate surface area is 146 Å². The number of nitrogens with one attached hydrogen (secondary N) is 1. The molecule has 25 heavy (non-hydrogen) atoms. The normalized spacial score (nSPS) is 11.0. The highest BCUT2D eigenvalue weighted by Gasteiger charge is 2.13. The summed E-state index contributed by atoms with van der Waals surface area (Å²) in [5.41, 5.74) is 2.73. The van der Waals surface area contributed by atoms with E-state index in [0.717, 1.165) is 23.4 Å². The molecule has 1 aromatic carbocycles. The summed E-state index contributed by atoms with van der Waals surface area (Å²) >= 11 is 0. The largest absolute Gasteiger partial charge is 0.461 e. The maximum absolute atomic E-state index is 12.3. The number of amides is 1. The first-order valence-corrected chi connectivity index (χ1v) is 8.21. The molecule has 1 N–H and O–H groups in total. The van der Waals surface area contributed by atoms with Gasteiger partial charge in [0, 0.05) is 18.3 Å². The van der Waals surface area contributed by atoms with E-state index in [-0.39, 0.29) is 12.5 Å². The zero-order valence-corrected chi connectivity index (χ0v) is 14.4. The Kier molecular flexibility index (Phi) is 5.30. The van der Waals surface area contributed by atoms with Crippen molar-refractivity contribution >= 4 is 11.6 Å². The molecule has 0 fully saturated rings. The lowest BCUT2D eigenvalue weighted by molar-refractivity contribution is -0.117. The maximum atomic E-state index is 12.3. The molecule has 0 aliphatic rings. The van der Waals surface area contributed by atoms with Gasteiger partial charge < -0.3 is 14.3 Å². The number of hydrogen-bond donors (Lipinski definition) is 1. The Morgan fingerprint density at radius 2 is 2.04 bits per heavy atom. The third-order valence-corrected chi connectivity index (χ3v) is 3.84. The van der Waals surface area contributed by atoms with Gasteiger partial charge in [-0.2, -0.15) is 0 Å². The van der Waals surface area contributed by atoms with Gasteiger partial charge in [-0.05, 0) is 37.2 Å². The fraction of sp³-hybridized carbons (Fsp3) is 0.263. The van der Waals surface area contributed by atoms with Crippen LogP contribution in [0.3, 0.4) is 0 Å². The number of anilines is 1. The second-order valence-electron chi connectivity index (χ2n) is 5.89. The number of hydrogen-bond acceptors (Lipinski definition) is 5. The van der Waals surface area contributed by atoms with Crippen LogP contribution in [0.1, 0.15) is 18.2 Å². The van der Waals surface area contributed by atoms with E-state index in [1.807, 2.05) is 48.3 Å². The van der Waals surface area contributed by atoms with E-state index in [2.05, 4.69) is 17.4 Å². The average Bonchev–Trinajstić information content (AvgIpc) is 3.26. The summed E-state index contributed by atoms with van der Waals surface area (Å²) in [4.78, 5) is 14.1. The maximum Gasteiger partial charge on any atom is 0.238 e. The van der Waals surface area contributed by atoms with Crippen LogP contribution in [-0.2, 0) is 17.8 Å². The van der Waals surface area contributed by atoms with E-state index in [1.165, 1.54) is 0 Å². The standard InChI is InChI=1S/C19H21N3O3/c1-3-14-7-4-5-8-16(14)20-19(23)13-22(2)12-15-11-18(25-21-15)17-9-6-10-24-17/h4-11H,3,12-13H2,1-2H3,(H,20,23). The summed E-state index contributed by atoms with van der Waals surface area (Å²) in [6.07, 6.45) is 2.46. The highest BCUT2D eigenvalue weighted by molar-refractivity contribution is 5.92. The summed E-state index contributed by atoms with van der Waals surface area (Å²) in [5, 5.41) is 6.99. The van der Waals surface area contributed by atoms with Gasteiger partial charge in [-0.1, -0.05) is 30.3 Å². The second-order valence-corrected chi connectivity index (χ2v) is 5.89. The fourth-order valence-electron chi connectivity index (χ4n) is 2.64. The van der Waals surface area contributed by atoms with Crippen molar-refractivity contribution in [2.75, 3.05) is 18.9 Å². The first kappa shape index (κ1) is 17.0. The van der Waals surface area contributed by atoms with Crippen LogP contribution in [-0.4, -0.2) is 29.6 Å². The minimum atomic E-state index is -0.0573. The van der Waals surface area contributed by atoms with Gasteiger partial charge in [0.25, 0.3) is 0 Å². The molecule has 6 nitrogen and oxygen atoms in total. The monoisotopic (exact) mass is 339 g/mol. The number of likely N-dealkylation sites (N-methyl/N-ethyl adjacent to an activating group) is 1. The van der Waals surface area contributed by atoms with Crippen molar-refractivity contribution in [1.29, 1.82) is 0 Å². The first-order chi connectivity index (χ1) is 12.2. The van der Waals surface area contributed by atoms with Gasteiger partial charge in [0.15, 0.2) is 5.76 Å². The predicted molar refractivity (Wildman–Crippen MR) is 95.0 cm³/mol. The zero-order valence-electron chi connectivity index (χ0n) is 14.4. The number of aromatic nitrogens is 1. The van der Waals surface area contributed by atoms with Crippen LogP contribution in [0.4, 0.5) is 5.69 Å². The molecule has 0 aliphatic heterocycles. The van der Waals surface area contributed by atoms with Gasteiger partial charge in [-0.15, -0.1) is 0 Å². The number of carbonyl (C=O) groups excluding carboxylic acids is 1. The molecule has 2 aromatic heterocycles. The molecule has 3 aromatic rings. The lowest BCUT2D eigenvalue weighted by Gasteiger charge is -2.15. The Morgan fingerprint density at radius 3 is 2.80 bits per heavy atom. The molecule has 0 unspecified atom stereocenters. The third kappa shape index (κ3) is 4.36. The SMILES string of the molecule is CCc1ccccc1NC(=O)CN(C)Cc1cc(-c2ccco2)on1. The molecule has 0 saturated carbocycles. The van der Waals surface area contributed by atoms with Crippen molar-refractivity contribution in [2.24, 2.45) is 0 Å². The molecule has 0 aliphatic carbocycles. The van der Waals surface area contributed by atoms with Crippen LogP contribution in [0.2, 0.25) is 0 Å². The van der Waals surface area contributed by atoms with E-state index >= 15 is 0 Å². The molecule has 2 heterocycles. The van der Waals surface area contributed by atoms with Gasteiger partial charge in [0.1, 0.15) is 0 Å². The molecular weight excluding hydrogens is 318 g/mol. The summed E-state index contributed by atoms with van der Waals surface area (Å²) in [6.45, 7) is 2.84. The molecule has 0 bridgehead atoms. The molecule has 6 heteroatoms. The van der Waals surface area contributed by atoms with E-state index < -0.39 is 0 Å². The van der Waals surface area contributed by atoms with Gasteiger partial charge in [-0.25, -0.2) is 0 Å². The number of furan rings is 1. The summed E-state index contributed by atoms with van der Waals surface area (Å²) < 4.78 is 10.5. The van der Waals surface area contributed by atoms with Gasteiger partial charge in [0.05, 0.1) is 18.5 Å². The molecule has 0 spiro atoms. The van der Waals surface area contributed by atoms with Crippen LogP contribution in [0.25, 0.3) is 11.5 Å². The Hall–Kier alpha value is -2.86. The second kappa shape index (κ2) is 7.81. The third-order valence-electron chi connectivity index (χ3n) is 3.84. The quantitative estimate of drug-likeness (QED) is 0.712. The highest BCUT2D eigenvalue weighted by atomic mass is 16.5. The smallest absolute Gasteiger partial charge is 0.238 e. The highest BCUT2D eigenvalue weighted by Crippen LogP contribution is 2.21. The molecule has 0 radical (unpaired) electrons. The summed E-state index contributed by atoms with van der Waals surface area (Å²) in [5.74, 6) is 1.16. The zero-order chi connectivity index (χ0) is 17.6. The van der Waals surface area contributed by atoms with E-state index in [4.69, 9.17) is 8.94 Å². The van der Waals surface area contributed by atoms with Gasteiger partial charge in [0.2, 0.25) is 11.7 Å². The minimum Gasteiger partial charge on any atom is -0.461 e. The van der Waals surface area contributed by atoms with Crippen LogP contribution >= 0.6 is 0 Å². The number of nitrogens with zero attached hydrogens (tertiary/aromatic N) is 2. The van der Waals surface area contributed by atoms with Crippen molar-refractivity contribution in [3.05, 3.63) is 60.0 Å². The Balaban J connectivity index is 1.55. The van der Waals surface area contributed by atoms with Crippen LogP contribution in [0, 0.1) is 0 Å². The van der Waals surface area contributed by atoms with Crippen LogP contribution in [0.15, 0.2) is 57.7 Å². The summed E-state index contributed by atoms with van der Waals surface area (Å²) in [7, 11) is 1.87. The van der Waals surface area contributed by atoms with Gasteiger partial charge in [-0.3, -0.25) is 9.69 Å². The van der Waals surface area contributed by atoms with Gasteiger partial charge >= 0.3 is 0 Å². The van der Waals surface area contributed by atoms with E-state index in [1.54, 1.807) is 12.3 Å². The van der Waals surface area contributed by atoms with E-state index in [9.17, 15) is 4.79 Å². The number of para-hydroxylation sites is 1. The van der Waals surface area contributed by atoms with Crippen LogP contribution in [0.5, 0.6) is 0 Å². The lowest BCUT2D eigenvalue weighted by Crippen LogP contribution is -2.30.